The zero-order valence-corrected chi connectivity index (χ0v) is 18.3. The van der Waals surface area contributed by atoms with Gasteiger partial charge in [-0.2, -0.15) is 0 Å². The van der Waals surface area contributed by atoms with Gasteiger partial charge in [-0.1, -0.05) is 31.2 Å². The molecular formula is C23H25N7O3. The second-order valence-electron chi connectivity index (χ2n) is 8.24. The second kappa shape index (κ2) is 8.72. The predicted octanol–water partition coefficient (Wildman–Crippen LogP) is 2.75. The van der Waals surface area contributed by atoms with Gasteiger partial charge in [0.2, 0.25) is 5.95 Å². The van der Waals surface area contributed by atoms with Crippen LogP contribution in [0.2, 0.25) is 0 Å². The molecule has 3 heterocycles. The van der Waals surface area contributed by atoms with Crippen LogP contribution in [0.15, 0.2) is 48.5 Å². The lowest BCUT2D eigenvalue weighted by Crippen LogP contribution is -2.49. The first-order chi connectivity index (χ1) is 16.1. The molecule has 5 rings (SSSR count). The number of aromatic nitrogens is 4. The number of anilines is 1. The Bertz CT molecular complexity index is 1310. The number of nitro benzene ring substituents is 1. The molecule has 4 aromatic rings. The van der Waals surface area contributed by atoms with Gasteiger partial charge in [0.05, 0.1) is 22.1 Å². The number of benzene rings is 2. The highest BCUT2D eigenvalue weighted by molar-refractivity contribution is 5.93. The molecule has 0 spiro atoms. The number of para-hydroxylation sites is 2. The molecule has 1 saturated heterocycles. The van der Waals surface area contributed by atoms with Crippen molar-refractivity contribution in [3.63, 3.8) is 0 Å². The van der Waals surface area contributed by atoms with Gasteiger partial charge in [0, 0.05) is 44.2 Å². The highest BCUT2D eigenvalue weighted by Crippen LogP contribution is 2.33. The lowest BCUT2D eigenvalue weighted by Gasteiger charge is -2.36. The number of nitro groups is 1. The molecule has 170 valence electrons. The Kier molecular flexibility index (Phi) is 5.61. The van der Waals surface area contributed by atoms with E-state index < -0.39 is 4.92 Å². The average Bonchev–Trinajstić information content (AvgIpc) is 3.29. The molecular weight excluding hydrogens is 422 g/mol. The van der Waals surface area contributed by atoms with Gasteiger partial charge in [-0.25, -0.2) is 9.38 Å². The zero-order valence-electron chi connectivity index (χ0n) is 18.3. The van der Waals surface area contributed by atoms with Gasteiger partial charge >= 0.3 is 0 Å². The number of piperazine rings is 1. The molecule has 0 aliphatic carbocycles. The number of aliphatic hydroxyl groups is 1. The van der Waals surface area contributed by atoms with Gasteiger partial charge in [-0.3, -0.25) is 15.0 Å². The summed E-state index contributed by atoms with van der Waals surface area (Å²) in [5.74, 6) is 1.06. The van der Waals surface area contributed by atoms with Gasteiger partial charge in [0.15, 0.2) is 11.5 Å². The first kappa shape index (κ1) is 21.2. The van der Waals surface area contributed by atoms with E-state index in [4.69, 9.17) is 4.98 Å². The topological polar surface area (TPSA) is 113 Å². The zero-order chi connectivity index (χ0) is 22.9. The van der Waals surface area contributed by atoms with Crippen LogP contribution in [0.25, 0.3) is 27.9 Å². The first-order valence-electron chi connectivity index (χ1n) is 11.1. The summed E-state index contributed by atoms with van der Waals surface area (Å²) in [5, 5.41) is 31.4. The Balaban J connectivity index is 1.63. The van der Waals surface area contributed by atoms with Gasteiger partial charge < -0.3 is 10.0 Å². The van der Waals surface area contributed by atoms with Crippen LogP contribution in [-0.4, -0.2) is 73.3 Å². The third kappa shape index (κ3) is 3.87. The summed E-state index contributed by atoms with van der Waals surface area (Å²) in [6.45, 7) is 5.63. The summed E-state index contributed by atoms with van der Waals surface area (Å²) in [6.07, 6.45) is 0.401. The predicted molar refractivity (Wildman–Crippen MR) is 125 cm³/mol. The molecule has 0 bridgehead atoms. The first-order valence-corrected chi connectivity index (χ1v) is 11.1. The molecule has 1 aliphatic rings. The minimum atomic E-state index is -0.400. The number of β-amino-alcohol motifs (C(OH)–C–C–N with tert-alkyl or cyclic N) is 1. The molecule has 2 aromatic carbocycles. The summed E-state index contributed by atoms with van der Waals surface area (Å²) in [6, 6.07) is 14.3. The third-order valence-electron chi connectivity index (χ3n) is 6.17. The largest absolute Gasteiger partial charge is 0.392 e. The molecule has 1 atom stereocenters. The molecule has 10 nitrogen and oxygen atoms in total. The summed E-state index contributed by atoms with van der Waals surface area (Å²) in [7, 11) is 0. The fraction of sp³-hybridized carbons (Fsp3) is 0.348. The van der Waals surface area contributed by atoms with Crippen molar-refractivity contribution < 1.29 is 10.0 Å². The summed E-state index contributed by atoms with van der Waals surface area (Å²) >= 11 is 0. The molecule has 1 unspecified atom stereocenters. The quantitative estimate of drug-likeness (QED) is 0.355. The van der Waals surface area contributed by atoms with Crippen molar-refractivity contribution in [2.45, 2.75) is 19.4 Å². The molecule has 2 aromatic heterocycles. The number of rotatable bonds is 6. The lowest BCUT2D eigenvalue weighted by molar-refractivity contribution is -0.384. The van der Waals surface area contributed by atoms with Crippen LogP contribution < -0.4 is 4.90 Å². The number of aliphatic hydroxyl groups excluding tert-OH is 1. The van der Waals surface area contributed by atoms with Crippen molar-refractivity contribution in [2.24, 2.45) is 0 Å². The van der Waals surface area contributed by atoms with Crippen LogP contribution in [0.4, 0.5) is 11.6 Å². The number of nitrogens with zero attached hydrogens (tertiary/aromatic N) is 7. The monoisotopic (exact) mass is 447 g/mol. The van der Waals surface area contributed by atoms with Gasteiger partial charge in [0.25, 0.3) is 5.69 Å². The number of fused-ring (bicyclic) bond motifs is 3. The van der Waals surface area contributed by atoms with Crippen LogP contribution in [0.1, 0.15) is 13.3 Å². The molecule has 0 radical (unpaired) electrons. The molecule has 1 N–H and O–H groups in total. The van der Waals surface area contributed by atoms with Gasteiger partial charge in [-0.05, 0) is 24.6 Å². The Morgan fingerprint density at radius 2 is 1.79 bits per heavy atom. The standard InChI is InChI=1S/C23H25N7O3/c1-2-16(31)15-27-11-13-28(14-12-27)23-24-19-9-5-3-7-17(19)21-25-26-22(29(21)23)18-8-4-6-10-20(18)30(32)33/h3-10,16,31H,2,11-15H2,1H3. The highest BCUT2D eigenvalue weighted by atomic mass is 16.6. The lowest BCUT2D eigenvalue weighted by atomic mass is 10.1. The van der Waals surface area contributed by atoms with Crippen molar-refractivity contribution in [3.05, 3.63) is 58.6 Å². The van der Waals surface area contributed by atoms with E-state index in [1.54, 1.807) is 18.2 Å². The highest BCUT2D eigenvalue weighted by Gasteiger charge is 2.27. The molecule has 33 heavy (non-hydrogen) atoms. The summed E-state index contributed by atoms with van der Waals surface area (Å²) < 4.78 is 1.83. The molecule has 0 saturated carbocycles. The van der Waals surface area contributed by atoms with Crippen LogP contribution in [-0.2, 0) is 0 Å². The third-order valence-corrected chi connectivity index (χ3v) is 6.17. The van der Waals surface area contributed by atoms with Crippen LogP contribution in [0, 0.1) is 10.1 Å². The van der Waals surface area contributed by atoms with Crippen molar-refractivity contribution in [2.75, 3.05) is 37.6 Å². The fourth-order valence-corrected chi connectivity index (χ4v) is 4.33. The SMILES string of the molecule is CCC(O)CN1CCN(c2nc3ccccc3c3nnc(-c4ccccc4[N+](=O)[O-])n23)CC1. The summed E-state index contributed by atoms with van der Waals surface area (Å²) in [5.41, 5.74) is 1.79. The Hall–Kier alpha value is -3.63. The Morgan fingerprint density at radius 1 is 1.06 bits per heavy atom. The number of hydrogen-bond acceptors (Lipinski definition) is 8. The fourth-order valence-electron chi connectivity index (χ4n) is 4.33. The van der Waals surface area contributed by atoms with Crippen molar-refractivity contribution in [3.8, 4) is 11.4 Å². The van der Waals surface area contributed by atoms with Crippen LogP contribution in [0.5, 0.6) is 0 Å². The van der Waals surface area contributed by atoms with Crippen molar-refractivity contribution in [1.29, 1.82) is 0 Å². The minimum Gasteiger partial charge on any atom is -0.392 e. The normalized spacial score (nSPS) is 15.9. The van der Waals surface area contributed by atoms with Crippen LogP contribution in [0.3, 0.4) is 0 Å². The maximum absolute atomic E-state index is 11.7. The van der Waals surface area contributed by atoms with E-state index in [9.17, 15) is 15.2 Å². The van der Waals surface area contributed by atoms with Crippen LogP contribution >= 0.6 is 0 Å². The Labute approximate surface area is 190 Å². The van der Waals surface area contributed by atoms with E-state index in [0.717, 1.165) is 30.4 Å². The smallest absolute Gasteiger partial charge is 0.280 e. The maximum Gasteiger partial charge on any atom is 0.280 e. The number of hydrogen-bond donors (Lipinski definition) is 1. The Morgan fingerprint density at radius 3 is 2.55 bits per heavy atom. The van der Waals surface area contributed by atoms with Gasteiger partial charge in [-0.15, -0.1) is 10.2 Å². The molecule has 1 aliphatic heterocycles. The minimum absolute atomic E-state index is 0.0238. The van der Waals surface area contributed by atoms with E-state index >= 15 is 0 Å². The van der Waals surface area contributed by atoms with E-state index in [-0.39, 0.29) is 11.8 Å². The molecule has 1 fully saturated rings. The average molecular weight is 447 g/mol. The van der Waals surface area contributed by atoms with E-state index in [0.29, 0.717) is 42.6 Å². The van der Waals surface area contributed by atoms with E-state index in [2.05, 4.69) is 20.0 Å². The molecule has 0 amide bonds. The second-order valence-corrected chi connectivity index (χ2v) is 8.24. The van der Waals surface area contributed by atoms with Crippen molar-refractivity contribution >= 4 is 28.2 Å². The van der Waals surface area contributed by atoms with E-state index in [1.807, 2.05) is 35.6 Å². The summed E-state index contributed by atoms with van der Waals surface area (Å²) in [4.78, 5) is 20.6. The van der Waals surface area contributed by atoms with Gasteiger partial charge in [0.1, 0.15) is 0 Å². The maximum atomic E-state index is 11.7. The van der Waals surface area contributed by atoms with E-state index in [1.165, 1.54) is 6.07 Å². The van der Waals surface area contributed by atoms with Crippen molar-refractivity contribution in [1.82, 2.24) is 24.5 Å². The molecule has 10 heteroatoms.